The molecule has 1 aromatic rings. The molecule has 1 rings (SSSR count). The molecule has 0 radical (unpaired) electrons. The van der Waals surface area contributed by atoms with Crippen LogP contribution in [-0.2, 0) is 11.2 Å². The number of hydrogen-bond donors (Lipinski definition) is 1. The molecule has 0 amide bonds. The first kappa shape index (κ1) is 14.9. The van der Waals surface area contributed by atoms with Gasteiger partial charge in [0.1, 0.15) is 5.82 Å². The Bertz CT molecular complexity index is 471. The van der Waals surface area contributed by atoms with Gasteiger partial charge in [-0.3, -0.25) is 4.79 Å². The van der Waals surface area contributed by atoms with Gasteiger partial charge in [-0.15, -0.1) is 0 Å². The predicted octanol–water partition coefficient (Wildman–Crippen LogP) is 2.87. The number of benzene rings is 1. The summed E-state index contributed by atoms with van der Waals surface area (Å²) in [5.41, 5.74) is 1.95. The highest BCUT2D eigenvalue weighted by Gasteiger charge is 2.53. The fraction of sp³-hybridized carbons (Fsp3) is 0.364. The van der Waals surface area contributed by atoms with E-state index < -0.39 is 29.7 Å². The topological polar surface area (TPSA) is 43.1 Å². The molecule has 0 aliphatic heterocycles. The molecular formula is C11H10ClF4NO. The second-order valence-electron chi connectivity index (χ2n) is 4.04. The van der Waals surface area contributed by atoms with Crippen LogP contribution in [-0.4, -0.2) is 17.5 Å². The van der Waals surface area contributed by atoms with Crippen LogP contribution in [0, 0.1) is 5.82 Å². The van der Waals surface area contributed by atoms with Crippen molar-refractivity contribution in [3.63, 3.8) is 0 Å². The van der Waals surface area contributed by atoms with E-state index in [0.29, 0.717) is 6.92 Å². The maximum Gasteiger partial charge on any atom is 0.413 e. The van der Waals surface area contributed by atoms with Crippen LogP contribution in [0.5, 0.6) is 0 Å². The van der Waals surface area contributed by atoms with Crippen LogP contribution < -0.4 is 5.73 Å². The molecule has 7 heteroatoms. The lowest BCUT2D eigenvalue weighted by Crippen LogP contribution is -2.57. The number of halogens is 5. The average Bonchev–Trinajstić information content (AvgIpc) is 2.21. The molecule has 0 spiro atoms. The van der Waals surface area contributed by atoms with E-state index in [1.54, 1.807) is 0 Å². The third kappa shape index (κ3) is 3.00. The minimum atomic E-state index is -4.87. The molecule has 0 aromatic heterocycles. The second-order valence-corrected chi connectivity index (χ2v) is 4.44. The van der Waals surface area contributed by atoms with Crippen molar-refractivity contribution in [2.45, 2.75) is 25.1 Å². The lowest BCUT2D eigenvalue weighted by Gasteiger charge is -2.26. The number of ketones is 1. The highest BCUT2D eigenvalue weighted by atomic mass is 35.5. The summed E-state index contributed by atoms with van der Waals surface area (Å²) >= 11 is 5.66. The van der Waals surface area contributed by atoms with Crippen molar-refractivity contribution in [3.05, 3.63) is 34.6 Å². The number of nitrogens with two attached hydrogens (primary N) is 1. The third-order valence-corrected chi connectivity index (χ3v) is 2.90. The molecule has 0 saturated heterocycles. The summed E-state index contributed by atoms with van der Waals surface area (Å²) in [6.07, 6.45) is -5.55. The Labute approximate surface area is 106 Å². The van der Waals surface area contributed by atoms with Gasteiger partial charge in [0.2, 0.25) is 0 Å². The maximum absolute atomic E-state index is 12.9. The summed E-state index contributed by atoms with van der Waals surface area (Å²) < 4.78 is 50.4. The molecule has 0 fully saturated rings. The molecule has 1 unspecified atom stereocenters. The highest BCUT2D eigenvalue weighted by Crippen LogP contribution is 2.30. The van der Waals surface area contributed by atoms with Gasteiger partial charge in [-0.1, -0.05) is 11.6 Å². The van der Waals surface area contributed by atoms with Crippen LogP contribution in [0.2, 0.25) is 5.02 Å². The fourth-order valence-corrected chi connectivity index (χ4v) is 1.38. The van der Waals surface area contributed by atoms with E-state index in [-0.39, 0.29) is 10.6 Å². The van der Waals surface area contributed by atoms with Crippen LogP contribution in [0.15, 0.2) is 18.2 Å². The molecule has 1 atom stereocenters. The summed E-state index contributed by atoms with van der Waals surface area (Å²) in [5, 5.41) is 0.0164. The Morgan fingerprint density at radius 1 is 1.39 bits per heavy atom. The molecule has 0 aliphatic carbocycles. The molecule has 18 heavy (non-hydrogen) atoms. The second kappa shape index (κ2) is 4.85. The van der Waals surface area contributed by atoms with E-state index in [9.17, 15) is 22.4 Å². The SMILES string of the molecule is CC(N)(C(=O)Cc1cc(F)ccc1Cl)C(F)(F)F. The van der Waals surface area contributed by atoms with Gasteiger partial charge < -0.3 is 5.73 Å². The molecule has 0 bridgehead atoms. The molecular weight excluding hydrogens is 274 g/mol. The minimum absolute atomic E-state index is 0.0164. The highest BCUT2D eigenvalue weighted by molar-refractivity contribution is 6.31. The molecule has 100 valence electrons. The van der Waals surface area contributed by atoms with Crippen LogP contribution in [0.3, 0.4) is 0 Å². The van der Waals surface area contributed by atoms with E-state index in [4.69, 9.17) is 17.3 Å². The van der Waals surface area contributed by atoms with Crippen molar-refractivity contribution >= 4 is 17.4 Å². The first-order valence-corrected chi connectivity index (χ1v) is 5.26. The zero-order valence-electron chi connectivity index (χ0n) is 9.31. The average molecular weight is 284 g/mol. The number of carbonyl (C=O) groups is 1. The quantitative estimate of drug-likeness (QED) is 0.867. The van der Waals surface area contributed by atoms with Gasteiger partial charge >= 0.3 is 6.18 Å². The maximum atomic E-state index is 12.9. The van der Waals surface area contributed by atoms with Crippen LogP contribution in [0.4, 0.5) is 17.6 Å². The van der Waals surface area contributed by atoms with Gasteiger partial charge in [-0.05, 0) is 30.7 Å². The standard InChI is InChI=1S/C11H10ClF4NO/c1-10(17,11(14,15)16)9(18)5-6-4-7(13)2-3-8(6)12/h2-4H,5,17H2,1H3. The molecule has 2 N–H and O–H groups in total. The fourth-order valence-electron chi connectivity index (χ4n) is 1.19. The molecule has 1 aromatic carbocycles. The van der Waals surface area contributed by atoms with Crippen molar-refractivity contribution in [3.8, 4) is 0 Å². The van der Waals surface area contributed by atoms with E-state index in [1.807, 2.05) is 0 Å². The summed E-state index contributed by atoms with van der Waals surface area (Å²) in [7, 11) is 0. The summed E-state index contributed by atoms with van der Waals surface area (Å²) in [6.45, 7) is 0.572. The lowest BCUT2D eigenvalue weighted by molar-refractivity contribution is -0.185. The van der Waals surface area contributed by atoms with Crippen molar-refractivity contribution in [2.75, 3.05) is 0 Å². The van der Waals surface area contributed by atoms with Gasteiger partial charge in [0.05, 0.1) is 0 Å². The van der Waals surface area contributed by atoms with E-state index in [2.05, 4.69) is 0 Å². The van der Waals surface area contributed by atoms with Crippen LogP contribution in [0.1, 0.15) is 12.5 Å². The number of rotatable bonds is 3. The first-order chi connectivity index (χ1) is 8.05. The zero-order valence-corrected chi connectivity index (χ0v) is 10.1. The van der Waals surface area contributed by atoms with Crippen molar-refractivity contribution in [1.29, 1.82) is 0 Å². The molecule has 0 aliphatic rings. The smallest absolute Gasteiger partial charge is 0.312 e. The zero-order chi connectivity index (χ0) is 14.1. The Kier molecular flexibility index (Phi) is 4.02. The number of alkyl halides is 3. The van der Waals surface area contributed by atoms with Gasteiger partial charge in [0, 0.05) is 11.4 Å². The Hall–Kier alpha value is -1.14. The normalized spacial score (nSPS) is 15.3. The monoisotopic (exact) mass is 283 g/mol. The molecule has 2 nitrogen and oxygen atoms in total. The summed E-state index contributed by atoms with van der Waals surface area (Å²) in [4.78, 5) is 11.5. The van der Waals surface area contributed by atoms with E-state index >= 15 is 0 Å². The van der Waals surface area contributed by atoms with Crippen molar-refractivity contribution in [2.24, 2.45) is 5.73 Å². The largest absolute Gasteiger partial charge is 0.413 e. The Morgan fingerprint density at radius 2 is 1.94 bits per heavy atom. The first-order valence-electron chi connectivity index (χ1n) is 4.88. The van der Waals surface area contributed by atoms with Crippen LogP contribution in [0.25, 0.3) is 0 Å². The Morgan fingerprint density at radius 3 is 2.44 bits per heavy atom. The van der Waals surface area contributed by atoms with Crippen molar-refractivity contribution < 1.29 is 22.4 Å². The lowest BCUT2D eigenvalue weighted by atomic mass is 9.92. The van der Waals surface area contributed by atoms with E-state index in [0.717, 1.165) is 12.1 Å². The predicted molar refractivity (Wildman–Crippen MR) is 58.8 cm³/mol. The molecule has 0 heterocycles. The van der Waals surface area contributed by atoms with Crippen LogP contribution >= 0.6 is 11.6 Å². The Balaban J connectivity index is 2.98. The number of carbonyl (C=O) groups excluding carboxylic acids is 1. The summed E-state index contributed by atoms with van der Waals surface area (Å²) in [6, 6.07) is 3.12. The minimum Gasteiger partial charge on any atom is -0.312 e. The third-order valence-electron chi connectivity index (χ3n) is 2.53. The van der Waals surface area contributed by atoms with Gasteiger partial charge in [0.15, 0.2) is 11.3 Å². The van der Waals surface area contributed by atoms with Gasteiger partial charge in [-0.25, -0.2) is 4.39 Å². The number of hydrogen-bond acceptors (Lipinski definition) is 2. The van der Waals surface area contributed by atoms with Crippen molar-refractivity contribution in [1.82, 2.24) is 0 Å². The van der Waals surface area contributed by atoms with Gasteiger partial charge in [-0.2, -0.15) is 13.2 Å². The van der Waals surface area contributed by atoms with E-state index in [1.165, 1.54) is 6.07 Å². The summed E-state index contributed by atoms with van der Waals surface area (Å²) in [5.74, 6) is -1.96. The number of Topliss-reactive ketones (excluding diaryl/α,β-unsaturated/α-hetero) is 1. The van der Waals surface area contributed by atoms with Gasteiger partial charge in [0.25, 0.3) is 0 Å². The molecule has 0 saturated carbocycles.